The molecule has 1 aromatic heterocycles. The first-order valence-electron chi connectivity index (χ1n) is 8.67. The van der Waals surface area contributed by atoms with Crippen LogP contribution in [0.1, 0.15) is 25.3 Å². The van der Waals surface area contributed by atoms with Crippen molar-refractivity contribution >= 4 is 22.5 Å². The molecule has 0 spiro atoms. The molecular formula is C21H22N2O3. The summed E-state index contributed by atoms with van der Waals surface area (Å²) in [4.78, 5) is 29.7. The number of benzene rings is 2. The first kappa shape index (κ1) is 17.7. The molecule has 2 aromatic carbocycles. The van der Waals surface area contributed by atoms with E-state index < -0.39 is 0 Å². The molecule has 0 aliphatic carbocycles. The highest BCUT2D eigenvalue weighted by Crippen LogP contribution is 2.22. The smallest absolute Gasteiger partial charge is 0.253 e. The van der Waals surface area contributed by atoms with Crippen molar-refractivity contribution in [1.29, 1.82) is 0 Å². The van der Waals surface area contributed by atoms with Crippen molar-refractivity contribution in [3.05, 3.63) is 70.5 Å². The summed E-state index contributed by atoms with van der Waals surface area (Å²) in [5, 5.41) is 0.944. The highest BCUT2D eigenvalue weighted by atomic mass is 16.5. The summed E-state index contributed by atoms with van der Waals surface area (Å²) in [7, 11) is 1.60. The van der Waals surface area contributed by atoms with Crippen LogP contribution < -0.4 is 15.2 Å². The number of aromatic amines is 1. The van der Waals surface area contributed by atoms with Crippen molar-refractivity contribution in [2.45, 2.75) is 26.3 Å². The second kappa shape index (κ2) is 7.87. The van der Waals surface area contributed by atoms with Gasteiger partial charge in [-0.2, -0.15) is 0 Å². The van der Waals surface area contributed by atoms with Crippen LogP contribution in [0.2, 0.25) is 0 Å². The lowest BCUT2D eigenvalue weighted by Crippen LogP contribution is -2.32. The van der Waals surface area contributed by atoms with Gasteiger partial charge in [0, 0.05) is 23.2 Å². The lowest BCUT2D eigenvalue weighted by atomic mass is 10.1. The summed E-state index contributed by atoms with van der Waals surface area (Å²) >= 11 is 0. The molecule has 0 aliphatic rings. The van der Waals surface area contributed by atoms with Crippen molar-refractivity contribution in [2.24, 2.45) is 0 Å². The number of hydrogen-bond acceptors (Lipinski definition) is 3. The van der Waals surface area contributed by atoms with E-state index in [9.17, 15) is 9.59 Å². The van der Waals surface area contributed by atoms with E-state index in [-0.39, 0.29) is 18.0 Å². The van der Waals surface area contributed by atoms with E-state index in [1.165, 1.54) is 0 Å². The number of amides is 1. The Balaban J connectivity index is 1.98. The van der Waals surface area contributed by atoms with E-state index in [0.717, 1.165) is 28.8 Å². The molecule has 0 bridgehead atoms. The van der Waals surface area contributed by atoms with Gasteiger partial charge in [0.05, 0.1) is 13.7 Å². The largest absolute Gasteiger partial charge is 0.497 e. The molecule has 134 valence electrons. The molecule has 0 fully saturated rings. The van der Waals surface area contributed by atoms with E-state index in [2.05, 4.69) is 4.98 Å². The topological polar surface area (TPSA) is 62.4 Å². The molecule has 1 heterocycles. The van der Waals surface area contributed by atoms with E-state index >= 15 is 0 Å². The third-order valence-electron chi connectivity index (χ3n) is 4.31. The normalized spacial score (nSPS) is 10.7. The van der Waals surface area contributed by atoms with Gasteiger partial charge < -0.3 is 14.6 Å². The maximum absolute atomic E-state index is 12.7. The number of ether oxygens (including phenoxy) is 1. The van der Waals surface area contributed by atoms with E-state index in [0.29, 0.717) is 12.0 Å². The van der Waals surface area contributed by atoms with Crippen LogP contribution in [0.25, 0.3) is 10.9 Å². The van der Waals surface area contributed by atoms with Crippen molar-refractivity contribution < 1.29 is 9.53 Å². The van der Waals surface area contributed by atoms with Gasteiger partial charge in [-0.1, -0.05) is 25.1 Å². The predicted octanol–water partition coefficient (Wildman–Crippen LogP) is 3.87. The Bertz CT molecular complexity index is 961. The Morgan fingerprint density at radius 2 is 1.85 bits per heavy atom. The number of carbonyl (C=O) groups is 1. The Morgan fingerprint density at radius 1 is 1.12 bits per heavy atom. The van der Waals surface area contributed by atoms with Crippen molar-refractivity contribution in [1.82, 2.24) is 4.98 Å². The number of H-pyrrole nitrogens is 1. The Kier molecular flexibility index (Phi) is 5.37. The monoisotopic (exact) mass is 350 g/mol. The van der Waals surface area contributed by atoms with Gasteiger partial charge in [-0.25, -0.2) is 0 Å². The van der Waals surface area contributed by atoms with E-state index in [1.54, 1.807) is 12.0 Å². The minimum atomic E-state index is -0.175. The number of pyridine rings is 1. The SMILES string of the molecule is CCCC(=O)N(Cc1cc2ccccc2[nH]c1=O)c1ccc(OC)cc1. The van der Waals surface area contributed by atoms with Crippen molar-refractivity contribution in [2.75, 3.05) is 12.0 Å². The molecule has 5 heteroatoms. The number of nitrogens with zero attached hydrogens (tertiary/aromatic N) is 1. The first-order valence-corrected chi connectivity index (χ1v) is 8.67. The fourth-order valence-electron chi connectivity index (χ4n) is 2.91. The van der Waals surface area contributed by atoms with Gasteiger partial charge in [0.1, 0.15) is 5.75 Å². The number of para-hydroxylation sites is 1. The van der Waals surface area contributed by atoms with Gasteiger partial charge in [0.2, 0.25) is 5.91 Å². The summed E-state index contributed by atoms with van der Waals surface area (Å²) in [6, 6.07) is 16.8. The molecule has 1 N–H and O–H groups in total. The van der Waals surface area contributed by atoms with Gasteiger partial charge in [-0.05, 0) is 48.2 Å². The summed E-state index contributed by atoms with van der Waals surface area (Å²) in [5.74, 6) is 0.713. The molecule has 3 aromatic rings. The number of aromatic nitrogens is 1. The minimum absolute atomic E-state index is 0.00905. The number of carbonyl (C=O) groups excluding carboxylic acids is 1. The Hall–Kier alpha value is -3.08. The van der Waals surface area contributed by atoms with Crippen LogP contribution in [-0.4, -0.2) is 18.0 Å². The van der Waals surface area contributed by atoms with Crippen LogP contribution in [0.5, 0.6) is 5.75 Å². The molecule has 1 amide bonds. The summed E-state index contributed by atoms with van der Waals surface area (Å²) in [6.45, 7) is 2.19. The van der Waals surface area contributed by atoms with Crippen LogP contribution in [0.4, 0.5) is 5.69 Å². The molecule has 0 unspecified atom stereocenters. The maximum atomic E-state index is 12.7. The zero-order valence-corrected chi connectivity index (χ0v) is 15.0. The zero-order chi connectivity index (χ0) is 18.5. The number of nitrogens with one attached hydrogen (secondary N) is 1. The second-order valence-corrected chi connectivity index (χ2v) is 6.14. The predicted molar refractivity (Wildman–Crippen MR) is 104 cm³/mol. The number of fused-ring (bicyclic) bond motifs is 1. The highest BCUT2D eigenvalue weighted by molar-refractivity contribution is 5.93. The fraction of sp³-hybridized carbons (Fsp3) is 0.238. The average molecular weight is 350 g/mol. The standard InChI is InChI=1S/C21H22N2O3/c1-3-6-20(24)23(17-9-11-18(26-2)12-10-17)14-16-13-15-7-4-5-8-19(15)22-21(16)25/h4-5,7-13H,3,6,14H2,1-2H3,(H,22,25). The van der Waals surface area contributed by atoms with Gasteiger partial charge in [-0.15, -0.1) is 0 Å². The Labute approximate surface area is 152 Å². The molecule has 5 nitrogen and oxygen atoms in total. The third-order valence-corrected chi connectivity index (χ3v) is 4.31. The lowest BCUT2D eigenvalue weighted by molar-refractivity contribution is -0.118. The summed E-state index contributed by atoms with van der Waals surface area (Å²) < 4.78 is 5.18. The molecule has 0 saturated carbocycles. The maximum Gasteiger partial charge on any atom is 0.253 e. The second-order valence-electron chi connectivity index (χ2n) is 6.14. The van der Waals surface area contributed by atoms with Crippen LogP contribution in [0.15, 0.2) is 59.4 Å². The summed E-state index contributed by atoms with van der Waals surface area (Å²) in [6.07, 6.45) is 1.18. The number of hydrogen-bond donors (Lipinski definition) is 1. The van der Waals surface area contributed by atoms with Gasteiger partial charge in [-0.3, -0.25) is 9.59 Å². The first-order chi connectivity index (χ1) is 12.6. The number of rotatable bonds is 6. The van der Waals surface area contributed by atoms with Gasteiger partial charge >= 0.3 is 0 Å². The van der Waals surface area contributed by atoms with Crippen LogP contribution in [0, 0.1) is 0 Å². The molecular weight excluding hydrogens is 328 g/mol. The van der Waals surface area contributed by atoms with E-state index in [1.807, 2.05) is 61.5 Å². The quantitative estimate of drug-likeness (QED) is 0.734. The van der Waals surface area contributed by atoms with Crippen LogP contribution in [0.3, 0.4) is 0 Å². The van der Waals surface area contributed by atoms with Crippen LogP contribution >= 0.6 is 0 Å². The zero-order valence-electron chi connectivity index (χ0n) is 15.0. The van der Waals surface area contributed by atoms with Crippen LogP contribution in [-0.2, 0) is 11.3 Å². The molecule has 26 heavy (non-hydrogen) atoms. The van der Waals surface area contributed by atoms with Crippen molar-refractivity contribution in [3.63, 3.8) is 0 Å². The molecule has 0 radical (unpaired) electrons. The third kappa shape index (κ3) is 3.77. The fourth-order valence-corrected chi connectivity index (χ4v) is 2.91. The Morgan fingerprint density at radius 3 is 2.54 bits per heavy atom. The number of anilines is 1. The lowest BCUT2D eigenvalue weighted by Gasteiger charge is -2.23. The molecule has 0 aliphatic heterocycles. The highest BCUT2D eigenvalue weighted by Gasteiger charge is 2.17. The summed E-state index contributed by atoms with van der Waals surface area (Å²) in [5.41, 5.74) is 1.92. The number of methoxy groups -OCH3 is 1. The molecule has 0 atom stereocenters. The van der Waals surface area contributed by atoms with Gasteiger partial charge in [0.25, 0.3) is 5.56 Å². The van der Waals surface area contributed by atoms with E-state index in [4.69, 9.17) is 4.74 Å². The van der Waals surface area contributed by atoms with Gasteiger partial charge in [0.15, 0.2) is 0 Å². The molecule has 0 saturated heterocycles. The van der Waals surface area contributed by atoms with Crippen molar-refractivity contribution in [3.8, 4) is 5.75 Å². The average Bonchev–Trinajstić information content (AvgIpc) is 2.66. The minimum Gasteiger partial charge on any atom is -0.497 e. The molecule has 3 rings (SSSR count).